The zero-order valence-corrected chi connectivity index (χ0v) is 11.2. The van der Waals surface area contributed by atoms with E-state index < -0.39 is 0 Å². The van der Waals surface area contributed by atoms with Crippen LogP contribution in [0.4, 0.5) is 4.39 Å². The van der Waals surface area contributed by atoms with Crippen molar-refractivity contribution in [3.63, 3.8) is 0 Å². The van der Waals surface area contributed by atoms with E-state index >= 15 is 0 Å². The molecule has 0 amide bonds. The molecule has 1 nitrogen and oxygen atoms in total. The van der Waals surface area contributed by atoms with E-state index in [0.29, 0.717) is 17.5 Å². The molecule has 0 bridgehead atoms. The van der Waals surface area contributed by atoms with E-state index in [0.717, 1.165) is 5.56 Å². The van der Waals surface area contributed by atoms with Crippen molar-refractivity contribution in [1.82, 2.24) is 0 Å². The maximum Gasteiger partial charge on any atom is 0.170 e. The van der Waals surface area contributed by atoms with Crippen molar-refractivity contribution >= 4 is 5.78 Å². The molecule has 20 heavy (non-hydrogen) atoms. The minimum absolute atomic E-state index is 0.0119. The molecule has 0 saturated carbocycles. The minimum Gasteiger partial charge on any atom is -0.293 e. The second kappa shape index (κ2) is 6.29. The second-order valence-corrected chi connectivity index (χ2v) is 4.65. The molecule has 0 N–H and O–H groups in total. The maximum atomic E-state index is 13.0. The lowest BCUT2D eigenvalue weighted by molar-refractivity contribution is 0.0959. The molecule has 2 aromatic carbocycles. The van der Waals surface area contributed by atoms with Crippen molar-refractivity contribution in [2.24, 2.45) is 0 Å². The van der Waals surface area contributed by atoms with E-state index in [1.165, 1.54) is 12.1 Å². The molecule has 0 aliphatic rings. The van der Waals surface area contributed by atoms with E-state index in [1.54, 1.807) is 24.3 Å². The number of carbonyl (C=O) groups excluding carboxylic acids is 1. The number of benzene rings is 2. The molecule has 2 aromatic rings. The molecule has 0 saturated heterocycles. The molecule has 1 unspecified atom stereocenters. The summed E-state index contributed by atoms with van der Waals surface area (Å²) in [4.78, 5) is 12.7. The van der Waals surface area contributed by atoms with Gasteiger partial charge in [0.05, 0.1) is 5.92 Å². The van der Waals surface area contributed by atoms with Crippen LogP contribution in [0.25, 0.3) is 0 Å². The topological polar surface area (TPSA) is 17.1 Å². The van der Waals surface area contributed by atoms with Crippen molar-refractivity contribution in [2.45, 2.75) is 12.3 Å². The Morgan fingerprint density at radius 2 is 1.80 bits per heavy atom. The third-order valence-electron chi connectivity index (χ3n) is 3.27. The number of ketones is 1. The number of hydrogen-bond acceptors (Lipinski definition) is 1. The van der Waals surface area contributed by atoms with Crippen molar-refractivity contribution in [1.29, 1.82) is 0 Å². The number of carbonyl (C=O) groups is 1. The first-order valence-electron chi connectivity index (χ1n) is 6.45. The molecular formula is C18H16FO. The van der Waals surface area contributed by atoms with Crippen LogP contribution in [0.5, 0.6) is 0 Å². The quantitative estimate of drug-likeness (QED) is 0.573. The highest BCUT2D eigenvalue weighted by Gasteiger charge is 2.21. The molecule has 0 aliphatic heterocycles. The van der Waals surface area contributed by atoms with Gasteiger partial charge in [0, 0.05) is 5.56 Å². The highest BCUT2D eigenvalue weighted by molar-refractivity contribution is 6.02. The Labute approximate surface area is 118 Å². The summed E-state index contributed by atoms with van der Waals surface area (Å²) in [6, 6.07) is 13.3. The third kappa shape index (κ3) is 3.02. The van der Waals surface area contributed by atoms with Crippen molar-refractivity contribution < 1.29 is 9.18 Å². The first-order chi connectivity index (χ1) is 9.63. The van der Waals surface area contributed by atoms with Crippen LogP contribution in [0.3, 0.4) is 0 Å². The predicted molar refractivity (Wildman–Crippen MR) is 79.2 cm³/mol. The second-order valence-electron chi connectivity index (χ2n) is 4.65. The first kappa shape index (κ1) is 14.2. The highest BCUT2D eigenvalue weighted by Crippen LogP contribution is 2.26. The molecule has 0 aromatic heterocycles. The van der Waals surface area contributed by atoms with Gasteiger partial charge in [-0.3, -0.25) is 4.79 Å². The fourth-order valence-electron chi connectivity index (χ4n) is 2.20. The van der Waals surface area contributed by atoms with Crippen molar-refractivity contribution in [3.05, 3.63) is 90.6 Å². The number of allylic oxidation sites excluding steroid dienone is 1. The lowest BCUT2D eigenvalue weighted by Crippen LogP contribution is -2.13. The lowest BCUT2D eigenvalue weighted by Gasteiger charge is -2.16. The van der Waals surface area contributed by atoms with E-state index in [1.807, 2.05) is 18.2 Å². The van der Waals surface area contributed by atoms with Crippen LogP contribution in [0.15, 0.2) is 61.2 Å². The largest absolute Gasteiger partial charge is 0.293 e. The molecule has 2 heteroatoms. The Bertz CT molecular complexity index is 614. The fraction of sp³-hybridized carbons (Fsp3) is 0.111. The zero-order chi connectivity index (χ0) is 14.5. The number of halogens is 1. The molecule has 0 spiro atoms. The Morgan fingerprint density at radius 3 is 2.40 bits per heavy atom. The number of Topliss-reactive ketones (excluding diaryl/α,β-unsaturated/α-hetero) is 1. The van der Waals surface area contributed by atoms with E-state index in [4.69, 9.17) is 0 Å². The molecule has 101 valence electrons. The molecule has 1 radical (unpaired) electrons. The molecular weight excluding hydrogens is 251 g/mol. The van der Waals surface area contributed by atoms with Gasteiger partial charge in [0.2, 0.25) is 0 Å². The summed E-state index contributed by atoms with van der Waals surface area (Å²) in [5.41, 5.74) is 2.09. The Hall–Kier alpha value is -2.22. The standard InChI is InChI=1S/C18H16FO/c1-3-6-17(14-9-11-15(19)12-10-14)18(20)16-8-5-4-7-13(16)2/h3-5,7-12,17H,1-2,6H2. The highest BCUT2D eigenvalue weighted by atomic mass is 19.1. The van der Waals surface area contributed by atoms with E-state index in [2.05, 4.69) is 13.5 Å². The van der Waals surface area contributed by atoms with E-state index in [9.17, 15) is 9.18 Å². The molecule has 2 rings (SSSR count). The van der Waals surface area contributed by atoms with Crippen LogP contribution in [0, 0.1) is 12.7 Å². The average Bonchev–Trinajstić information content (AvgIpc) is 2.46. The van der Waals surface area contributed by atoms with Crippen LogP contribution in [-0.4, -0.2) is 5.78 Å². The Morgan fingerprint density at radius 1 is 1.15 bits per heavy atom. The fourth-order valence-corrected chi connectivity index (χ4v) is 2.20. The number of hydrogen-bond donors (Lipinski definition) is 0. The third-order valence-corrected chi connectivity index (χ3v) is 3.27. The van der Waals surface area contributed by atoms with Crippen LogP contribution in [-0.2, 0) is 0 Å². The number of rotatable bonds is 5. The molecule has 0 heterocycles. The summed E-state index contributed by atoms with van der Waals surface area (Å²) in [5.74, 6) is -0.672. The molecule has 0 fully saturated rings. The van der Waals surface area contributed by atoms with Gasteiger partial charge < -0.3 is 0 Å². The van der Waals surface area contributed by atoms with Crippen LogP contribution in [0.2, 0.25) is 0 Å². The van der Waals surface area contributed by atoms with Crippen LogP contribution >= 0.6 is 0 Å². The molecule has 1 atom stereocenters. The SMILES string of the molecule is [CH2]c1ccccc1C(=O)C(CC=C)c1ccc(F)cc1. The van der Waals surface area contributed by atoms with E-state index in [-0.39, 0.29) is 17.5 Å². The summed E-state index contributed by atoms with van der Waals surface area (Å²) in [5, 5.41) is 0. The summed E-state index contributed by atoms with van der Waals surface area (Å²) >= 11 is 0. The van der Waals surface area contributed by atoms with Gasteiger partial charge in [-0.15, -0.1) is 6.58 Å². The van der Waals surface area contributed by atoms with Gasteiger partial charge in [0.1, 0.15) is 5.82 Å². The Balaban J connectivity index is 2.38. The minimum atomic E-state index is -0.351. The first-order valence-corrected chi connectivity index (χ1v) is 6.45. The van der Waals surface area contributed by atoms with Gasteiger partial charge in [-0.2, -0.15) is 0 Å². The van der Waals surface area contributed by atoms with Crippen LogP contribution < -0.4 is 0 Å². The summed E-state index contributed by atoms with van der Waals surface area (Å²) in [6.07, 6.45) is 2.22. The normalized spacial score (nSPS) is 11.9. The zero-order valence-electron chi connectivity index (χ0n) is 11.2. The van der Waals surface area contributed by atoms with Gasteiger partial charge in [-0.25, -0.2) is 4.39 Å². The monoisotopic (exact) mass is 267 g/mol. The average molecular weight is 267 g/mol. The predicted octanol–water partition coefficient (Wildman–Crippen LogP) is 4.55. The van der Waals surface area contributed by atoms with Crippen LogP contribution in [0.1, 0.15) is 33.8 Å². The van der Waals surface area contributed by atoms with Gasteiger partial charge in [-0.1, -0.05) is 42.5 Å². The van der Waals surface area contributed by atoms with Gasteiger partial charge >= 0.3 is 0 Å². The summed E-state index contributed by atoms with van der Waals surface area (Å²) < 4.78 is 13.0. The van der Waals surface area contributed by atoms with Crippen molar-refractivity contribution in [2.75, 3.05) is 0 Å². The van der Waals surface area contributed by atoms with Gasteiger partial charge in [-0.05, 0) is 36.6 Å². The van der Waals surface area contributed by atoms with Gasteiger partial charge in [0.25, 0.3) is 0 Å². The smallest absolute Gasteiger partial charge is 0.170 e. The van der Waals surface area contributed by atoms with Crippen molar-refractivity contribution in [3.8, 4) is 0 Å². The summed E-state index contributed by atoms with van der Waals surface area (Å²) in [6.45, 7) is 7.59. The lowest BCUT2D eigenvalue weighted by atomic mass is 9.86. The maximum absolute atomic E-state index is 13.0. The Kier molecular flexibility index (Phi) is 4.46. The summed E-state index contributed by atoms with van der Waals surface area (Å²) in [7, 11) is 0. The molecule has 0 aliphatic carbocycles. The van der Waals surface area contributed by atoms with Gasteiger partial charge in [0.15, 0.2) is 5.78 Å².